The van der Waals surface area contributed by atoms with Crippen LogP contribution in [0.4, 0.5) is 17.6 Å². The molecule has 2 atom stereocenters. The van der Waals surface area contributed by atoms with Crippen molar-refractivity contribution in [1.29, 1.82) is 0 Å². The first-order valence-electron chi connectivity index (χ1n) is 13.4. The van der Waals surface area contributed by atoms with E-state index in [1.54, 1.807) is 0 Å². The van der Waals surface area contributed by atoms with Gasteiger partial charge in [0, 0.05) is 23.5 Å². The largest absolute Gasteiger partial charge is 0.490 e. The molecule has 0 fully saturated rings. The van der Waals surface area contributed by atoms with Gasteiger partial charge < -0.3 is 14.6 Å². The zero-order valence-electron chi connectivity index (χ0n) is 22.7. The zero-order valence-corrected chi connectivity index (χ0v) is 22.7. The summed E-state index contributed by atoms with van der Waals surface area (Å²) in [6.45, 7) is 6.06. The first-order chi connectivity index (χ1) is 18.8. The Morgan fingerprint density at radius 2 is 1.44 bits per heavy atom. The number of rotatable bonds is 14. The van der Waals surface area contributed by atoms with Crippen LogP contribution in [-0.2, 0) is 4.74 Å². The standard InChI is InChI=1S/C32H36F4O3/c1-4-7-9-10-28(37)39-20-21(6-3)24-15-16-25(30(34)29(24)33)22-11-13-23(14-12-22)26-17-18-27(32(36)31(26)35)38-19-8-5-2/h4,7,11-18,21,28,37H,5-6,8-10,19-20H2,1-3H3/b7-4+. The molecule has 0 saturated heterocycles. The Balaban J connectivity index is 1.77. The van der Waals surface area contributed by atoms with Gasteiger partial charge in [0.25, 0.3) is 0 Å². The number of aliphatic hydroxyl groups is 1. The quantitative estimate of drug-likeness (QED) is 0.0953. The van der Waals surface area contributed by atoms with E-state index in [2.05, 4.69) is 0 Å². The Kier molecular flexibility index (Phi) is 11.6. The molecule has 7 heteroatoms. The Hall–Kier alpha value is -3.16. The highest BCUT2D eigenvalue weighted by Crippen LogP contribution is 2.34. The predicted molar refractivity (Wildman–Crippen MR) is 147 cm³/mol. The van der Waals surface area contributed by atoms with Crippen LogP contribution in [0.3, 0.4) is 0 Å². The monoisotopic (exact) mass is 544 g/mol. The van der Waals surface area contributed by atoms with E-state index in [1.165, 1.54) is 48.5 Å². The Labute approximate surface area is 228 Å². The molecule has 0 bridgehead atoms. The fourth-order valence-electron chi connectivity index (χ4n) is 4.27. The van der Waals surface area contributed by atoms with Gasteiger partial charge in [-0.15, -0.1) is 0 Å². The van der Waals surface area contributed by atoms with Gasteiger partial charge in [0.05, 0.1) is 13.2 Å². The van der Waals surface area contributed by atoms with Gasteiger partial charge in [-0.05, 0) is 55.0 Å². The van der Waals surface area contributed by atoms with E-state index in [0.29, 0.717) is 37.0 Å². The highest BCUT2D eigenvalue weighted by Gasteiger charge is 2.22. The third kappa shape index (κ3) is 7.70. The number of ether oxygens (including phenoxy) is 2. The van der Waals surface area contributed by atoms with Crippen LogP contribution in [0.5, 0.6) is 5.75 Å². The highest BCUT2D eigenvalue weighted by atomic mass is 19.2. The van der Waals surface area contributed by atoms with Crippen LogP contribution in [0.15, 0.2) is 60.7 Å². The summed E-state index contributed by atoms with van der Waals surface area (Å²) in [5, 5.41) is 10.0. The average Bonchev–Trinajstić information content (AvgIpc) is 2.94. The van der Waals surface area contributed by atoms with Gasteiger partial charge >= 0.3 is 0 Å². The van der Waals surface area contributed by atoms with Crippen LogP contribution in [0.2, 0.25) is 0 Å². The molecule has 3 aromatic carbocycles. The first-order valence-corrected chi connectivity index (χ1v) is 13.4. The molecule has 0 aliphatic carbocycles. The summed E-state index contributed by atoms with van der Waals surface area (Å²) in [6.07, 6.45) is 5.99. The highest BCUT2D eigenvalue weighted by molar-refractivity contribution is 5.71. The summed E-state index contributed by atoms with van der Waals surface area (Å²) in [5.74, 6) is -4.63. The van der Waals surface area contributed by atoms with Gasteiger partial charge in [-0.3, -0.25) is 0 Å². The molecule has 0 aromatic heterocycles. The molecule has 0 aliphatic rings. The van der Waals surface area contributed by atoms with Gasteiger partial charge in [0.15, 0.2) is 29.5 Å². The number of hydrogen-bond donors (Lipinski definition) is 1. The molecule has 0 spiro atoms. The number of halogens is 4. The van der Waals surface area contributed by atoms with Gasteiger partial charge in [-0.1, -0.05) is 68.8 Å². The molecule has 0 aliphatic heterocycles. The molecule has 3 rings (SSSR count). The van der Waals surface area contributed by atoms with Crippen molar-refractivity contribution in [2.75, 3.05) is 13.2 Å². The van der Waals surface area contributed by atoms with E-state index in [-0.39, 0.29) is 29.0 Å². The van der Waals surface area contributed by atoms with Crippen molar-refractivity contribution in [2.45, 2.75) is 65.1 Å². The van der Waals surface area contributed by atoms with Crippen molar-refractivity contribution >= 4 is 0 Å². The number of unbranched alkanes of at least 4 members (excludes halogenated alkanes) is 1. The summed E-state index contributed by atoms with van der Waals surface area (Å²) in [7, 11) is 0. The average molecular weight is 545 g/mol. The topological polar surface area (TPSA) is 38.7 Å². The molecular formula is C32H36F4O3. The van der Waals surface area contributed by atoms with E-state index in [4.69, 9.17) is 9.47 Å². The lowest BCUT2D eigenvalue weighted by atomic mass is 9.93. The number of aliphatic hydroxyl groups excluding tert-OH is 1. The molecule has 3 nitrogen and oxygen atoms in total. The van der Waals surface area contributed by atoms with Crippen molar-refractivity contribution in [3.8, 4) is 28.0 Å². The molecule has 2 unspecified atom stereocenters. The minimum Gasteiger partial charge on any atom is -0.490 e. The Morgan fingerprint density at radius 1 is 0.821 bits per heavy atom. The van der Waals surface area contributed by atoms with Crippen LogP contribution in [0.25, 0.3) is 22.3 Å². The van der Waals surface area contributed by atoms with Crippen LogP contribution in [0.1, 0.15) is 64.4 Å². The van der Waals surface area contributed by atoms with Crippen molar-refractivity contribution in [3.05, 3.63) is 89.5 Å². The lowest BCUT2D eigenvalue weighted by Gasteiger charge is -2.20. The van der Waals surface area contributed by atoms with E-state index >= 15 is 8.78 Å². The second-order valence-corrected chi connectivity index (χ2v) is 9.39. The molecule has 0 heterocycles. The lowest BCUT2D eigenvalue weighted by molar-refractivity contribution is -0.107. The maximum atomic E-state index is 15.2. The van der Waals surface area contributed by atoms with Crippen molar-refractivity contribution in [3.63, 3.8) is 0 Å². The Morgan fingerprint density at radius 3 is 2.03 bits per heavy atom. The molecule has 210 valence electrons. The van der Waals surface area contributed by atoms with Crippen LogP contribution in [0, 0.1) is 23.3 Å². The molecule has 0 amide bonds. The van der Waals surface area contributed by atoms with Crippen molar-refractivity contribution < 1.29 is 32.1 Å². The third-order valence-corrected chi connectivity index (χ3v) is 6.66. The summed E-state index contributed by atoms with van der Waals surface area (Å²) in [4.78, 5) is 0. The SMILES string of the molecule is C/C=C/CCC(O)OCC(CC)c1ccc(-c2ccc(-c3ccc(OCCCC)c(F)c3F)cc2)c(F)c1F. The molecule has 39 heavy (non-hydrogen) atoms. The molecule has 1 N–H and O–H groups in total. The summed E-state index contributed by atoms with van der Waals surface area (Å²) >= 11 is 0. The minimum atomic E-state index is -1.06. The second kappa shape index (κ2) is 14.8. The number of allylic oxidation sites excluding steroid dienone is 2. The van der Waals surface area contributed by atoms with Crippen molar-refractivity contribution in [1.82, 2.24) is 0 Å². The van der Waals surface area contributed by atoms with Crippen molar-refractivity contribution in [2.24, 2.45) is 0 Å². The summed E-state index contributed by atoms with van der Waals surface area (Å²) in [6, 6.07) is 12.0. The zero-order chi connectivity index (χ0) is 28.4. The van der Waals surface area contributed by atoms with Gasteiger partial charge in [-0.25, -0.2) is 13.2 Å². The number of benzene rings is 3. The maximum absolute atomic E-state index is 15.2. The molecule has 0 saturated carbocycles. The summed E-state index contributed by atoms with van der Waals surface area (Å²) in [5.41, 5.74) is 1.06. The minimum absolute atomic E-state index is 0.0441. The van der Waals surface area contributed by atoms with E-state index in [1.807, 2.05) is 32.9 Å². The first kappa shape index (κ1) is 30.4. The maximum Gasteiger partial charge on any atom is 0.201 e. The van der Waals surface area contributed by atoms with Gasteiger partial charge in [0.1, 0.15) is 0 Å². The fourth-order valence-corrected chi connectivity index (χ4v) is 4.27. The summed E-state index contributed by atoms with van der Waals surface area (Å²) < 4.78 is 70.4. The Bertz CT molecular complexity index is 1240. The van der Waals surface area contributed by atoms with Gasteiger partial charge in [-0.2, -0.15) is 4.39 Å². The lowest BCUT2D eigenvalue weighted by Crippen LogP contribution is -2.18. The smallest absolute Gasteiger partial charge is 0.201 e. The van der Waals surface area contributed by atoms with Crippen LogP contribution < -0.4 is 4.74 Å². The van der Waals surface area contributed by atoms with Crippen LogP contribution in [-0.4, -0.2) is 24.6 Å². The molecule has 0 radical (unpaired) electrons. The van der Waals surface area contributed by atoms with E-state index in [9.17, 15) is 13.9 Å². The number of hydrogen-bond acceptors (Lipinski definition) is 3. The second-order valence-electron chi connectivity index (χ2n) is 9.39. The normalized spacial score (nSPS) is 13.1. The van der Waals surface area contributed by atoms with E-state index < -0.39 is 35.5 Å². The molecule has 3 aromatic rings. The van der Waals surface area contributed by atoms with Crippen LogP contribution >= 0.6 is 0 Å². The van der Waals surface area contributed by atoms with E-state index in [0.717, 1.165) is 12.8 Å². The molecular weight excluding hydrogens is 508 g/mol. The third-order valence-electron chi connectivity index (χ3n) is 6.66. The predicted octanol–water partition coefficient (Wildman–Crippen LogP) is 8.94. The fraction of sp³-hybridized carbons (Fsp3) is 0.375. The van der Waals surface area contributed by atoms with Gasteiger partial charge in [0.2, 0.25) is 5.82 Å².